The quantitative estimate of drug-likeness (QED) is 0.805. The fraction of sp³-hybridized carbons (Fsp3) is 0.500. The summed E-state index contributed by atoms with van der Waals surface area (Å²) in [7, 11) is 0. The maximum atomic E-state index is 9.77. The van der Waals surface area contributed by atoms with Gasteiger partial charge in [0.1, 0.15) is 18.4 Å². The Kier molecular flexibility index (Phi) is 5.09. The van der Waals surface area contributed by atoms with E-state index in [4.69, 9.17) is 21.4 Å². The van der Waals surface area contributed by atoms with E-state index in [-0.39, 0.29) is 6.10 Å². The first-order valence-corrected chi connectivity index (χ1v) is 8.39. The third-order valence-electron chi connectivity index (χ3n) is 3.98. The van der Waals surface area contributed by atoms with Crippen molar-refractivity contribution in [3.05, 3.63) is 29.1 Å². The van der Waals surface area contributed by atoms with Crippen LogP contribution in [0, 0.1) is 4.84 Å². The molecule has 1 fully saturated rings. The van der Waals surface area contributed by atoms with E-state index in [2.05, 4.69) is 5.10 Å². The molecule has 0 spiro atoms. The maximum Gasteiger partial charge on any atom is 0.292 e. The summed E-state index contributed by atoms with van der Waals surface area (Å²) in [6.45, 7) is 4.96. The maximum absolute atomic E-state index is 9.77. The Morgan fingerprint density at radius 1 is 1.43 bits per heavy atom. The molecule has 0 aliphatic carbocycles. The summed E-state index contributed by atoms with van der Waals surface area (Å²) < 4.78 is 12.8. The van der Waals surface area contributed by atoms with Crippen molar-refractivity contribution in [3.63, 3.8) is 0 Å². The molecule has 1 aliphatic heterocycles. The van der Waals surface area contributed by atoms with Crippen LogP contribution in [-0.2, 0) is 6.67 Å². The molecule has 2 heterocycles. The van der Waals surface area contributed by atoms with Crippen LogP contribution in [0.25, 0.3) is 11.5 Å². The van der Waals surface area contributed by atoms with Crippen LogP contribution >= 0.6 is 12.2 Å². The third kappa shape index (κ3) is 3.99. The molecule has 6 nitrogen and oxygen atoms in total. The molecule has 3 rings (SSSR count). The number of aromatic nitrogens is 2. The molecule has 1 aromatic carbocycles. The minimum Gasteiger partial charge on any atom is -0.494 e. The predicted molar refractivity (Wildman–Crippen MR) is 87.9 cm³/mol. The van der Waals surface area contributed by atoms with Gasteiger partial charge in [-0.2, -0.15) is 4.68 Å². The number of hydrogen-bond acceptors (Lipinski definition) is 5. The highest BCUT2D eigenvalue weighted by Crippen LogP contribution is 2.21. The average Bonchev–Trinajstić information content (AvgIpc) is 2.89. The van der Waals surface area contributed by atoms with Crippen LogP contribution in [0.2, 0.25) is 0 Å². The fourth-order valence-electron chi connectivity index (χ4n) is 2.86. The van der Waals surface area contributed by atoms with Crippen LogP contribution in [0.4, 0.5) is 0 Å². The van der Waals surface area contributed by atoms with Gasteiger partial charge >= 0.3 is 0 Å². The molecule has 1 saturated heterocycles. The zero-order valence-electron chi connectivity index (χ0n) is 13.2. The number of nitrogens with one attached hydrogen (secondary N) is 1. The van der Waals surface area contributed by atoms with Crippen molar-refractivity contribution >= 4 is 12.2 Å². The summed E-state index contributed by atoms with van der Waals surface area (Å²) in [6, 6.07) is 7.60. The first kappa shape index (κ1) is 16.2. The second-order valence-corrected chi connectivity index (χ2v) is 6.14. The number of likely N-dealkylation sites (tertiary alicyclic amines) is 1. The summed E-state index contributed by atoms with van der Waals surface area (Å²) in [4.78, 5) is 1.63. The van der Waals surface area contributed by atoms with Crippen molar-refractivity contribution in [1.29, 1.82) is 0 Å². The van der Waals surface area contributed by atoms with Gasteiger partial charge in [0.15, 0.2) is 6.67 Å². The van der Waals surface area contributed by atoms with Crippen LogP contribution < -0.4 is 9.64 Å². The van der Waals surface area contributed by atoms with Crippen LogP contribution in [0.1, 0.15) is 19.8 Å². The Morgan fingerprint density at radius 2 is 2.22 bits per heavy atom. The van der Waals surface area contributed by atoms with Gasteiger partial charge in [-0.15, -0.1) is 5.10 Å². The lowest BCUT2D eigenvalue weighted by molar-refractivity contribution is -0.931. The number of piperidine rings is 1. The largest absolute Gasteiger partial charge is 0.494 e. The van der Waals surface area contributed by atoms with Crippen molar-refractivity contribution in [2.24, 2.45) is 0 Å². The topological polar surface area (TPSA) is 64.9 Å². The van der Waals surface area contributed by atoms with Crippen molar-refractivity contribution < 1.29 is 19.2 Å². The zero-order valence-corrected chi connectivity index (χ0v) is 14.0. The highest BCUT2D eigenvalue weighted by Gasteiger charge is 2.22. The number of nitrogens with zero attached hydrogens (tertiary/aromatic N) is 2. The zero-order chi connectivity index (χ0) is 16.2. The molecule has 7 heteroatoms. The molecule has 1 unspecified atom stereocenters. The van der Waals surface area contributed by atoms with E-state index >= 15 is 0 Å². The second kappa shape index (κ2) is 7.25. The summed E-state index contributed by atoms with van der Waals surface area (Å²) in [6.07, 6.45) is 1.67. The average molecular weight is 336 g/mol. The molecule has 0 amide bonds. The lowest BCUT2D eigenvalue weighted by atomic mass is 10.1. The molecule has 0 radical (unpaired) electrons. The van der Waals surface area contributed by atoms with Crippen LogP contribution in [0.3, 0.4) is 0 Å². The number of rotatable bonds is 5. The number of aliphatic hydroxyl groups is 1. The van der Waals surface area contributed by atoms with Crippen molar-refractivity contribution in [2.45, 2.75) is 32.5 Å². The third-order valence-corrected chi connectivity index (χ3v) is 4.28. The van der Waals surface area contributed by atoms with Gasteiger partial charge < -0.3 is 19.2 Å². The monoisotopic (exact) mass is 336 g/mol. The fourth-order valence-corrected chi connectivity index (χ4v) is 3.05. The molecule has 124 valence electrons. The Morgan fingerprint density at radius 3 is 2.91 bits per heavy atom. The number of aliphatic hydroxyl groups excluding tert-OH is 1. The number of quaternary nitrogens is 1. The molecule has 2 N–H and O–H groups in total. The summed E-state index contributed by atoms with van der Waals surface area (Å²) in [5.74, 6) is 1.33. The first-order valence-electron chi connectivity index (χ1n) is 7.98. The summed E-state index contributed by atoms with van der Waals surface area (Å²) in [5, 5.41) is 14.2. The molecule has 0 saturated carbocycles. The molecule has 1 aromatic heterocycles. The van der Waals surface area contributed by atoms with Crippen molar-refractivity contribution in [2.75, 3.05) is 19.7 Å². The Bertz CT molecular complexity index is 695. The van der Waals surface area contributed by atoms with E-state index in [1.165, 1.54) is 4.90 Å². The van der Waals surface area contributed by atoms with E-state index in [1.54, 1.807) is 4.68 Å². The Balaban J connectivity index is 1.73. The molecule has 23 heavy (non-hydrogen) atoms. The van der Waals surface area contributed by atoms with E-state index in [0.717, 1.165) is 37.2 Å². The molecule has 2 atom stereocenters. The van der Waals surface area contributed by atoms with E-state index in [9.17, 15) is 5.11 Å². The van der Waals surface area contributed by atoms with Crippen LogP contribution in [-0.4, -0.2) is 40.7 Å². The molecular weight excluding hydrogens is 314 g/mol. The smallest absolute Gasteiger partial charge is 0.292 e. The number of ether oxygens (including phenoxy) is 1. The summed E-state index contributed by atoms with van der Waals surface area (Å²) >= 11 is 5.27. The normalized spacial score (nSPS) is 21.3. The van der Waals surface area contributed by atoms with E-state index < -0.39 is 0 Å². The summed E-state index contributed by atoms with van der Waals surface area (Å²) in [5.41, 5.74) is 0.868. The minimum absolute atomic E-state index is 0.231. The van der Waals surface area contributed by atoms with E-state index in [0.29, 0.717) is 24.0 Å². The lowest BCUT2D eigenvalue weighted by Gasteiger charge is -2.26. The SMILES string of the molecule is CCOc1ccc(-c2nn(C[NH+]3CCC[C@@H](O)C3)c(=S)o2)cc1. The number of benzene rings is 1. The number of hydrogen-bond donors (Lipinski definition) is 2. The standard InChI is InChI=1S/C16H21N3O3S/c1-2-21-14-7-5-12(6-8-14)15-17-19(16(23)22-15)11-18-9-3-4-13(20)10-18/h5-8,13,20H,2-4,9-11H2,1H3/p+1/t13-/m1/s1. The lowest BCUT2D eigenvalue weighted by Crippen LogP contribution is -3.13. The van der Waals surface area contributed by atoms with Crippen molar-refractivity contribution in [1.82, 2.24) is 9.78 Å². The second-order valence-electron chi connectivity index (χ2n) is 5.79. The van der Waals surface area contributed by atoms with Gasteiger partial charge in [-0.05, 0) is 56.2 Å². The highest BCUT2D eigenvalue weighted by molar-refractivity contribution is 7.71. The van der Waals surface area contributed by atoms with Gasteiger partial charge in [0.05, 0.1) is 13.2 Å². The van der Waals surface area contributed by atoms with Gasteiger partial charge in [-0.3, -0.25) is 0 Å². The molecule has 0 bridgehead atoms. The van der Waals surface area contributed by atoms with Crippen molar-refractivity contribution in [3.8, 4) is 17.2 Å². The molecule has 1 aliphatic rings. The van der Waals surface area contributed by atoms with Gasteiger partial charge in [0, 0.05) is 5.56 Å². The Labute approximate surface area is 140 Å². The Hall–Kier alpha value is -1.70. The van der Waals surface area contributed by atoms with Crippen LogP contribution in [0.5, 0.6) is 5.75 Å². The minimum atomic E-state index is -0.231. The molecular formula is C16H22N3O3S+. The van der Waals surface area contributed by atoms with E-state index in [1.807, 2.05) is 31.2 Å². The highest BCUT2D eigenvalue weighted by atomic mass is 32.1. The van der Waals surface area contributed by atoms with Gasteiger partial charge in [-0.25, -0.2) is 0 Å². The van der Waals surface area contributed by atoms with Gasteiger partial charge in [0.25, 0.3) is 4.84 Å². The van der Waals surface area contributed by atoms with Crippen LogP contribution in [0.15, 0.2) is 28.7 Å². The first-order chi connectivity index (χ1) is 11.2. The van der Waals surface area contributed by atoms with Gasteiger partial charge in [0.2, 0.25) is 5.89 Å². The van der Waals surface area contributed by atoms with Gasteiger partial charge in [-0.1, -0.05) is 0 Å². The molecule has 2 aromatic rings. The predicted octanol–water partition coefficient (Wildman–Crippen LogP) is 1.27.